The second-order valence-corrected chi connectivity index (χ2v) is 0.744. The van der Waals surface area contributed by atoms with E-state index < -0.39 is 0 Å². The molecule has 0 unspecified atom stereocenters. The molecule has 2 N–H and O–H groups in total. The van der Waals surface area contributed by atoms with Gasteiger partial charge in [-0.3, -0.25) is 0 Å². The van der Waals surface area contributed by atoms with E-state index in [2.05, 4.69) is 0 Å². The van der Waals surface area contributed by atoms with Crippen LogP contribution in [0.3, 0.4) is 0 Å². The molecule has 0 aromatic rings. The topological polar surface area (TPSA) is 26.0 Å². The van der Waals surface area contributed by atoms with E-state index in [1.165, 1.54) is 0 Å². The van der Waals surface area contributed by atoms with Gasteiger partial charge in [0.15, 0.2) is 0 Å². The van der Waals surface area contributed by atoms with Gasteiger partial charge in [0.05, 0.1) is 0 Å². The Morgan fingerprint density at radius 1 is 2.00 bits per heavy atom. The molecule has 0 fully saturated rings. The normalized spacial score (nSPS) is 6.00. The van der Waals surface area contributed by atoms with Crippen molar-refractivity contribution < 1.29 is 0 Å². The van der Waals surface area contributed by atoms with E-state index in [-0.39, 0.29) is 0 Å². The van der Waals surface area contributed by atoms with Crippen molar-refractivity contribution in [2.75, 3.05) is 0 Å². The molecule has 21 valence electrons. The van der Waals surface area contributed by atoms with E-state index >= 15 is 0 Å². The van der Waals surface area contributed by atoms with E-state index in [0.29, 0.717) is 5.59 Å². The predicted molar refractivity (Wildman–Crippen MR) is 20.6 cm³/mol. The fraction of sp³-hybridized carbons (Fsp3) is 0.500. The fourth-order valence-corrected chi connectivity index (χ4v) is 0. The van der Waals surface area contributed by atoms with Gasteiger partial charge in [0.25, 0.3) is 0 Å². The molecule has 0 saturated heterocycles. The predicted octanol–water partition coefficient (Wildman–Crippen LogP) is -0.737. The van der Waals surface area contributed by atoms with Gasteiger partial charge in [-0.05, 0) is 0 Å². The summed E-state index contributed by atoms with van der Waals surface area (Å²) in [6.45, 7) is 1.64. The molecule has 4 heavy (non-hydrogen) atoms. The zero-order chi connectivity index (χ0) is 3.58. The van der Waals surface area contributed by atoms with Gasteiger partial charge in [0.1, 0.15) is 0 Å². The maximum absolute atomic E-state index is 4.81. The molecule has 1 nitrogen and oxygen atoms in total. The number of hydrogen-bond donors (Lipinski definition) is 1. The number of nitrogens with two attached hydrogens (primary N) is 1. The van der Waals surface area contributed by atoms with Gasteiger partial charge < -0.3 is 0 Å². The van der Waals surface area contributed by atoms with Gasteiger partial charge in [0.2, 0.25) is 0 Å². The van der Waals surface area contributed by atoms with Crippen LogP contribution in [0.1, 0.15) is 6.92 Å². The molecule has 0 aliphatic rings. The van der Waals surface area contributed by atoms with Crippen molar-refractivity contribution in [3.8, 4) is 0 Å². The Morgan fingerprint density at radius 2 is 2.00 bits per heavy atom. The van der Waals surface area contributed by atoms with Gasteiger partial charge in [-0.25, -0.2) is 0 Å². The van der Waals surface area contributed by atoms with Crippen molar-refractivity contribution in [3.05, 3.63) is 0 Å². The summed E-state index contributed by atoms with van der Waals surface area (Å²) in [7, 11) is 4.81. The van der Waals surface area contributed by atoms with Crippen LogP contribution < -0.4 is 5.73 Å². The van der Waals surface area contributed by atoms with Crippen LogP contribution in [0.25, 0.3) is 0 Å². The fourth-order valence-electron chi connectivity index (χ4n) is 0. The van der Waals surface area contributed by atoms with Crippen LogP contribution in [0.4, 0.5) is 0 Å². The van der Waals surface area contributed by atoms with E-state index in [1.54, 1.807) is 6.92 Å². The number of hydrogen-bond acceptors (Lipinski definition) is 1. The Kier molecular flexibility index (Phi) is 1.03. The molecule has 0 atom stereocenters. The Hall–Kier alpha value is -0.265. The van der Waals surface area contributed by atoms with Crippen molar-refractivity contribution in [1.29, 1.82) is 0 Å². The maximum atomic E-state index is 4.81. The minimum absolute atomic E-state index is 0.417. The molecule has 0 aliphatic carbocycles. The SMILES string of the molecule is [B]=C(C)N. The molecule has 0 aromatic heterocycles. The minimum atomic E-state index is 0.417. The number of rotatable bonds is 0. The Bertz CT molecular complexity index is 29.0. The van der Waals surface area contributed by atoms with Gasteiger partial charge in [0, 0.05) is 0 Å². The second-order valence-electron chi connectivity index (χ2n) is 0.744. The van der Waals surface area contributed by atoms with Crippen LogP contribution in [0.5, 0.6) is 0 Å². The van der Waals surface area contributed by atoms with Crippen molar-refractivity contribution in [1.82, 2.24) is 0 Å². The third-order valence-electron chi connectivity index (χ3n) is 0. The van der Waals surface area contributed by atoms with Crippen LogP contribution in [-0.4, -0.2) is 13.1 Å². The average Bonchev–Trinajstić information content (AvgIpc) is 0.811. The van der Waals surface area contributed by atoms with Gasteiger partial charge in [-0.15, -0.1) is 0 Å². The van der Waals surface area contributed by atoms with E-state index in [4.69, 9.17) is 13.2 Å². The van der Waals surface area contributed by atoms with Gasteiger partial charge >= 0.3 is 25.7 Å². The molecule has 1 radical (unpaired) electrons. The molecule has 0 heterocycles. The Balaban J connectivity index is 2.80. The Labute approximate surface area is 26.9 Å². The van der Waals surface area contributed by atoms with Gasteiger partial charge in [-0.1, -0.05) is 0 Å². The van der Waals surface area contributed by atoms with E-state index in [1.807, 2.05) is 0 Å². The van der Waals surface area contributed by atoms with E-state index in [0.717, 1.165) is 0 Å². The molecule has 0 spiro atoms. The molecule has 0 aliphatic heterocycles. The summed E-state index contributed by atoms with van der Waals surface area (Å²) < 4.78 is 0. The first-order valence-electron chi connectivity index (χ1n) is 1.08. The summed E-state index contributed by atoms with van der Waals surface area (Å²) in [5.41, 5.74) is 5.22. The summed E-state index contributed by atoms with van der Waals surface area (Å²) in [6.07, 6.45) is 0. The first-order chi connectivity index (χ1) is 1.73. The summed E-state index contributed by atoms with van der Waals surface area (Å²) >= 11 is 0. The summed E-state index contributed by atoms with van der Waals surface area (Å²) in [5, 5.41) is 0. The van der Waals surface area contributed by atoms with Gasteiger partial charge in [-0.2, -0.15) is 0 Å². The average molecular weight is 53.9 g/mol. The molecule has 0 rings (SSSR count). The quantitative estimate of drug-likeness (QED) is 0.362. The van der Waals surface area contributed by atoms with Crippen molar-refractivity contribution in [2.24, 2.45) is 5.73 Å². The van der Waals surface area contributed by atoms with Crippen LogP contribution in [-0.2, 0) is 0 Å². The summed E-state index contributed by atoms with van der Waals surface area (Å²) in [5.74, 6) is 0. The third kappa shape index (κ3) is 13.3. The molecular weight excluding hydrogens is 48.8 g/mol. The summed E-state index contributed by atoms with van der Waals surface area (Å²) in [6, 6.07) is 0. The Morgan fingerprint density at radius 3 is 2.00 bits per heavy atom. The van der Waals surface area contributed by atoms with Crippen molar-refractivity contribution in [3.63, 3.8) is 0 Å². The third-order valence-corrected chi connectivity index (χ3v) is 0. The molecule has 2 heteroatoms. The molecule has 0 aromatic carbocycles. The molecule has 0 amide bonds. The van der Waals surface area contributed by atoms with Crippen molar-refractivity contribution in [2.45, 2.75) is 6.92 Å². The van der Waals surface area contributed by atoms with Crippen LogP contribution in [0.15, 0.2) is 0 Å². The first-order valence-corrected chi connectivity index (χ1v) is 1.08. The van der Waals surface area contributed by atoms with Crippen LogP contribution in [0.2, 0.25) is 0 Å². The zero-order valence-electron chi connectivity index (χ0n) is 2.65. The molecule has 0 bridgehead atoms. The van der Waals surface area contributed by atoms with Crippen LogP contribution in [0, 0.1) is 0 Å². The second kappa shape index (κ2) is 1.10. The van der Waals surface area contributed by atoms with Crippen molar-refractivity contribution >= 4 is 13.1 Å². The molecule has 0 saturated carbocycles. The van der Waals surface area contributed by atoms with Crippen LogP contribution >= 0.6 is 0 Å². The zero-order valence-corrected chi connectivity index (χ0v) is 2.65. The summed E-state index contributed by atoms with van der Waals surface area (Å²) in [4.78, 5) is 0. The monoisotopic (exact) mass is 54.1 g/mol. The standard InChI is InChI=1S/C2H5BN/c1-2(3)4/h4H2,1H3. The first kappa shape index (κ1) is 3.73. The molecular formula is C2H5BN. The van der Waals surface area contributed by atoms with E-state index in [9.17, 15) is 0 Å².